The Morgan fingerprint density at radius 2 is 2.14 bits per heavy atom. The summed E-state index contributed by atoms with van der Waals surface area (Å²) in [6, 6.07) is 2.74. The van der Waals surface area contributed by atoms with Gasteiger partial charge in [0.2, 0.25) is 5.91 Å². The van der Waals surface area contributed by atoms with Crippen molar-refractivity contribution < 1.29 is 19.5 Å². The van der Waals surface area contributed by atoms with Crippen molar-refractivity contribution >= 4 is 17.8 Å². The van der Waals surface area contributed by atoms with Gasteiger partial charge in [-0.25, -0.2) is 0 Å². The maximum absolute atomic E-state index is 12.6. The van der Waals surface area contributed by atoms with E-state index in [1.807, 2.05) is 0 Å². The topological polar surface area (TPSA) is 91.6 Å². The fraction of sp³-hybridized carbons (Fsp3) is 0.500. The summed E-state index contributed by atoms with van der Waals surface area (Å²) in [5, 5.41) is 11.4. The number of amides is 2. The molecule has 0 aliphatic carbocycles. The minimum atomic E-state index is -1.01. The molecule has 2 rings (SSSR count). The van der Waals surface area contributed by atoms with Crippen LogP contribution in [0, 0.1) is 0 Å². The summed E-state index contributed by atoms with van der Waals surface area (Å²) >= 11 is 0. The standard InChI is InChI=1S/C14H19N3O4/c1-15-13(20)10-5-2-3-8-17(10)14(21)11-6-4-7-16(11)9-12(18)19/h4,6-7,10H,2-3,5,8-9H2,1H3,(H,15,20)(H,18,19). The Labute approximate surface area is 122 Å². The second-order valence-electron chi connectivity index (χ2n) is 5.04. The Kier molecular flexibility index (Phi) is 4.62. The number of carboxylic acids is 1. The highest BCUT2D eigenvalue weighted by molar-refractivity contribution is 5.96. The number of rotatable bonds is 4. The third-order valence-corrected chi connectivity index (χ3v) is 3.67. The second kappa shape index (κ2) is 6.43. The summed E-state index contributed by atoms with van der Waals surface area (Å²) in [4.78, 5) is 36.9. The summed E-state index contributed by atoms with van der Waals surface area (Å²) in [6.45, 7) is 0.238. The van der Waals surface area contributed by atoms with E-state index < -0.39 is 12.0 Å². The van der Waals surface area contributed by atoms with Crippen molar-refractivity contribution in [1.29, 1.82) is 0 Å². The molecule has 1 aliphatic rings. The monoisotopic (exact) mass is 293 g/mol. The van der Waals surface area contributed by atoms with Crippen molar-refractivity contribution in [3.8, 4) is 0 Å². The van der Waals surface area contributed by atoms with Crippen LogP contribution >= 0.6 is 0 Å². The molecule has 2 amide bonds. The number of aromatic nitrogens is 1. The Morgan fingerprint density at radius 3 is 2.81 bits per heavy atom. The van der Waals surface area contributed by atoms with Crippen LogP contribution < -0.4 is 5.32 Å². The van der Waals surface area contributed by atoms with E-state index in [-0.39, 0.29) is 18.4 Å². The molecule has 21 heavy (non-hydrogen) atoms. The fourth-order valence-electron chi connectivity index (χ4n) is 2.65. The van der Waals surface area contributed by atoms with Crippen molar-refractivity contribution in [3.63, 3.8) is 0 Å². The van der Waals surface area contributed by atoms with E-state index in [0.717, 1.165) is 12.8 Å². The summed E-state index contributed by atoms with van der Waals surface area (Å²) in [5.74, 6) is -1.49. The van der Waals surface area contributed by atoms with Gasteiger partial charge in [-0.2, -0.15) is 0 Å². The number of likely N-dealkylation sites (tertiary alicyclic amines) is 1. The number of piperidine rings is 1. The lowest BCUT2D eigenvalue weighted by molar-refractivity contribution is -0.137. The largest absolute Gasteiger partial charge is 0.480 e. The van der Waals surface area contributed by atoms with E-state index in [1.54, 1.807) is 25.4 Å². The zero-order valence-corrected chi connectivity index (χ0v) is 11.9. The molecule has 7 heteroatoms. The molecular formula is C14H19N3O4. The summed E-state index contributed by atoms with van der Waals surface area (Å²) in [6.07, 6.45) is 3.93. The average molecular weight is 293 g/mol. The predicted molar refractivity (Wildman–Crippen MR) is 74.8 cm³/mol. The summed E-state index contributed by atoms with van der Waals surface area (Å²) in [7, 11) is 1.55. The average Bonchev–Trinajstić information content (AvgIpc) is 2.93. The number of aliphatic carboxylic acids is 1. The van der Waals surface area contributed by atoms with Gasteiger partial charge in [0.15, 0.2) is 0 Å². The SMILES string of the molecule is CNC(=O)C1CCCCN1C(=O)c1cccn1CC(=O)O. The van der Waals surface area contributed by atoms with E-state index in [9.17, 15) is 14.4 Å². The van der Waals surface area contributed by atoms with Gasteiger partial charge in [0.1, 0.15) is 18.3 Å². The Balaban J connectivity index is 2.23. The van der Waals surface area contributed by atoms with Crippen LogP contribution in [0.5, 0.6) is 0 Å². The minimum Gasteiger partial charge on any atom is -0.480 e. The molecule has 1 aromatic rings. The van der Waals surface area contributed by atoms with E-state index in [1.165, 1.54) is 9.47 Å². The van der Waals surface area contributed by atoms with Gasteiger partial charge < -0.3 is 19.9 Å². The number of carbonyl (C=O) groups excluding carboxylic acids is 2. The molecular weight excluding hydrogens is 274 g/mol. The van der Waals surface area contributed by atoms with Crippen LogP contribution in [0.3, 0.4) is 0 Å². The Hall–Kier alpha value is -2.31. The molecule has 7 nitrogen and oxygen atoms in total. The number of hydrogen-bond donors (Lipinski definition) is 2. The Morgan fingerprint density at radius 1 is 1.38 bits per heavy atom. The van der Waals surface area contributed by atoms with Crippen molar-refractivity contribution in [3.05, 3.63) is 24.0 Å². The molecule has 0 radical (unpaired) electrons. The maximum atomic E-state index is 12.6. The summed E-state index contributed by atoms with van der Waals surface area (Å²) < 4.78 is 1.39. The highest BCUT2D eigenvalue weighted by Gasteiger charge is 2.33. The molecule has 2 heterocycles. The van der Waals surface area contributed by atoms with Gasteiger partial charge >= 0.3 is 5.97 Å². The van der Waals surface area contributed by atoms with Crippen LogP contribution in [0.15, 0.2) is 18.3 Å². The first-order valence-corrected chi connectivity index (χ1v) is 6.94. The van der Waals surface area contributed by atoms with Crippen LogP contribution in [0.4, 0.5) is 0 Å². The van der Waals surface area contributed by atoms with Crippen molar-refractivity contribution in [2.45, 2.75) is 31.8 Å². The lowest BCUT2D eigenvalue weighted by Gasteiger charge is -2.34. The molecule has 1 fully saturated rings. The molecule has 2 N–H and O–H groups in total. The molecule has 0 bridgehead atoms. The third-order valence-electron chi connectivity index (χ3n) is 3.67. The van der Waals surface area contributed by atoms with Gasteiger partial charge in [-0.15, -0.1) is 0 Å². The minimum absolute atomic E-state index is 0.181. The van der Waals surface area contributed by atoms with E-state index in [0.29, 0.717) is 18.7 Å². The zero-order valence-electron chi connectivity index (χ0n) is 11.9. The highest BCUT2D eigenvalue weighted by atomic mass is 16.4. The van der Waals surface area contributed by atoms with E-state index >= 15 is 0 Å². The first kappa shape index (κ1) is 15.1. The first-order valence-electron chi connectivity index (χ1n) is 6.94. The first-order chi connectivity index (χ1) is 10.0. The predicted octanol–water partition coefficient (Wildman–Crippen LogP) is 0.313. The van der Waals surface area contributed by atoms with Crippen molar-refractivity contribution in [2.75, 3.05) is 13.6 Å². The molecule has 0 saturated carbocycles. The molecule has 1 unspecified atom stereocenters. The van der Waals surface area contributed by atoms with Gasteiger partial charge in [-0.3, -0.25) is 14.4 Å². The molecule has 1 aliphatic heterocycles. The van der Waals surface area contributed by atoms with Gasteiger partial charge in [0, 0.05) is 19.8 Å². The normalized spacial score (nSPS) is 18.3. The lowest BCUT2D eigenvalue weighted by Crippen LogP contribution is -2.51. The molecule has 1 atom stereocenters. The quantitative estimate of drug-likeness (QED) is 0.836. The Bertz CT molecular complexity index is 552. The zero-order chi connectivity index (χ0) is 15.4. The molecule has 1 aromatic heterocycles. The number of carboxylic acid groups (broad SMARTS) is 1. The highest BCUT2D eigenvalue weighted by Crippen LogP contribution is 2.20. The third kappa shape index (κ3) is 3.24. The number of hydrogen-bond acceptors (Lipinski definition) is 3. The fourth-order valence-corrected chi connectivity index (χ4v) is 2.65. The molecule has 0 spiro atoms. The van der Waals surface area contributed by atoms with Crippen molar-refractivity contribution in [1.82, 2.24) is 14.8 Å². The van der Waals surface area contributed by atoms with Crippen LogP contribution in [-0.2, 0) is 16.1 Å². The summed E-state index contributed by atoms with van der Waals surface area (Å²) in [5.41, 5.74) is 0.299. The molecule has 1 saturated heterocycles. The van der Waals surface area contributed by atoms with Gasteiger partial charge in [0.25, 0.3) is 5.91 Å². The van der Waals surface area contributed by atoms with Gasteiger partial charge in [0.05, 0.1) is 0 Å². The molecule has 0 aromatic carbocycles. The number of carbonyl (C=O) groups is 3. The lowest BCUT2D eigenvalue weighted by atomic mass is 10.0. The van der Waals surface area contributed by atoms with Crippen LogP contribution in [0.25, 0.3) is 0 Å². The maximum Gasteiger partial charge on any atom is 0.323 e. The van der Waals surface area contributed by atoms with Gasteiger partial charge in [-0.1, -0.05) is 0 Å². The smallest absolute Gasteiger partial charge is 0.323 e. The number of nitrogens with zero attached hydrogens (tertiary/aromatic N) is 2. The van der Waals surface area contributed by atoms with Crippen LogP contribution in [0.1, 0.15) is 29.8 Å². The van der Waals surface area contributed by atoms with E-state index in [4.69, 9.17) is 5.11 Å². The van der Waals surface area contributed by atoms with E-state index in [2.05, 4.69) is 5.32 Å². The second-order valence-corrected chi connectivity index (χ2v) is 5.04. The molecule has 114 valence electrons. The van der Waals surface area contributed by atoms with Crippen molar-refractivity contribution in [2.24, 2.45) is 0 Å². The van der Waals surface area contributed by atoms with Crippen LogP contribution in [-0.4, -0.2) is 52.0 Å². The number of likely N-dealkylation sites (N-methyl/N-ethyl adjacent to an activating group) is 1. The van der Waals surface area contributed by atoms with Crippen LogP contribution in [0.2, 0.25) is 0 Å². The van der Waals surface area contributed by atoms with Gasteiger partial charge in [-0.05, 0) is 31.4 Å². The number of nitrogens with one attached hydrogen (secondary N) is 1.